The zero-order valence-electron chi connectivity index (χ0n) is 19.6. The number of nitrogens with zero attached hydrogens (tertiary/aromatic N) is 3. The Morgan fingerprint density at radius 1 is 1.14 bits per heavy atom. The lowest BCUT2D eigenvalue weighted by Gasteiger charge is -2.33. The molecule has 1 unspecified atom stereocenters. The molecule has 0 spiro atoms. The van der Waals surface area contributed by atoms with Crippen LogP contribution in [-0.2, 0) is 10.0 Å². The number of nitrogens with two attached hydrogens (primary N) is 1. The Kier molecular flexibility index (Phi) is 7.62. The molecule has 184 valence electrons. The van der Waals surface area contributed by atoms with Gasteiger partial charge in [0.15, 0.2) is 0 Å². The van der Waals surface area contributed by atoms with Gasteiger partial charge in [-0.25, -0.2) is 18.4 Å². The van der Waals surface area contributed by atoms with Gasteiger partial charge in [-0.05, 0) is 55.7 Å². The second kappa shape index (κ2) is 10.8. The van der Waals surface area contributed by atoms with Gasteiger partial charge in [0, 0.05) is 24.7 Å². The Balaban J connectivity index is 1.51. The minimum absolute atomic E-state index is 0.139. The zero-order valence-corrected chi connectivity index (χ0v) is 20.5. The van der Waals surface area contributed by atoms with Crippen LogP contribution < -0.4 is 15.8 Å². The van der Waals surface area contributed by atoms with Crippen molar-refractivity contribution in [3.63, 3.8) is 0 Å². The highest BCUT2D eigenvalue weighted by Crippen LogP contribution is 2.27. The van der Waals surface area contributed by atoms with Crippen molar-refractivity contribution in [1.82, 2.24) is 14.3 Å². The Hall–Kier alpha value is -3.50. The van der Waals surface area contributed by atoms with E-state index in [4.69, 9.17) is 15.9 Å². The van der Waals surface area contributed by atoms with Crippen molar-refractivity contribution in [1.29, 1.82) is 5.41 Å². The van der Waals surface area contributed by atoms with Crippen molar-refractivity contribution in [3.05, 3.63) is 72.1 Å². The second-order valence-electron chi connectivity index (χ2n) is 8.45. The van der Waals surface area contributed by atoms with E-state index in [0.717, 1.165) is 18.6 Å². The van der Waals surface area contributed by atoms with E-state index < -0.39 is 10.0 Å². The molecule has 0 aliphatic carbocycles. The van der Waals surface area contributed by atoms with Crippen LogP contribution in [0.15, 0.2) is 60.9 Å². The van der Waals surface area contributed by atoms with E-state index in [1.807, 2.05) is 37.3 Å². The third-order valence-electron chi connectivity index (χ3n) is 5.83. The maximum absolute atomic E-state index is 12.5. The fraction of sp³-hybridized carbons (Fsp3) is 0.320. The van der Waals surface area contributed by atoms with E-state index in [0.29, 0.717) is 42.2 Å². The van der Waals surface area contributed by atoms with E-state index >= 15 is 0 Å². The van der Waals surface area contributed by atoms with Crippen LogP contribution in [0.5, 0.6) is 11.5 Å². The van der Waals surface area contributed by atoms with Gasteiger partial charge in [0.05, 0.1) is 17.0 Å². The van der Waals surface area contributed by atoms with Gasteiger partial charge >= 0.3 is 0 Å². The Morgan fingerprint density at radius 2 is 1.86 bits per heavy atom. The van der Waals surface area contributed by atoms with E-state index in [-0.39, 0.29) is 23.3 Å². The van der Waals surface area contributed by atoms with Crippen LogP contribution in [0.25, 0.3) is 0 Å². The van der Waals surface area contributed by atoms with Crippen LogP contribution >= 0.6 is 0 Å². The molecule has 1 fully saturated rings. The average Bonchev–Trinajstić information content (AvgIpc) is 2.85. The summed E-state index contributed by atoms with van der Waals surface area (Å²) in [6.45, 7) is 2.73. The molecule has 0 saturated carbocycles. The van der Waals surface area contributed by atoms with Gasteiger partial charge in [-0.15, -0.1) is 0 Å². The number of ether oxygens (including phenoxy) is 1. The third-order valence-corrected chi connectivity index (χ3v) is 7.87. The molecular formula is C25H30N6O3S. The van der Waals surface area contributed by atoms with E-state index in [2.05, 4.69) is 15.3 Å². The van der Waals surface area contributed by atoms with Crippen LogP contribution in [0.2, 0.25) is 0 Å². The highest BCUT2D eigenvalue weighted by molar-refractivity contribution is 7.89. The van der Waals surface area contributed by atoms with Crippen LogP contribution in [0, 0.1) is 5.41 Å². The number of sulfonamides is 1. The van der Waals surface area contributed by atoms with E-state index in [1.165, 1.54) is 6.33 Å². The van der Waals surface area contributed by atoms with Gasteiger partial charge in [-0.2, -0.15) is 4.31 Å². The fourth-order valence-corrected chi connectivity index (χ4v) is 5.70. The SMILES string of the molecule is CCCS(=O)(=O)N1CCCC(Nc2ncnc(N)c2C(=N)c2ccc(Oc3ccccc3)cc2)C1. The van der Waals surface area contributed by atoms with Gasteiger partial charge in [-0.3, -0.25) is 5.41 Å². The third kappa shape index (κ3) is 5.95. The largest absolute Gasteiger partial charge is 0.457 e. The molecule has 2 aromatic carbocycles. The van der Waals surface area contributed by atoms with Crippen LogP contribution in [-0.4, -0.2) is 53.3 Å². The summed E-state index contributed by atoms with van der Waals surface area (Å²) in [7, 11) is -3.28. The molecule has 10 heteroatoms. The van der Waals surface area contributed by atoms with Gasteiger partial charge in [0.2, 0.25) is 10.0 Å². The molecule has 1 aliphatic rings. The predicted molar refractivity (Wildman–Crippen MR) is 138 cm³/mol. The number of benzene rings is 2. The molecule has 1 aliphatic heterocycles. The van der Waals surface area contributed by atoms with Crippen molar-refractivity contribution in [2.45, 2.75) is 32.2 Å². The van der Waals surface area contributed by atoms with Crippen molar-refractivity contribution < 1.29 is 13.2 Å². The molecule has 0 radical (unpaired) electrons. The fourth-order valence-electron chi connectivity index (χ4n) is 4.11. The quantitative estimate of drug-likeness (QED) is 0.384. The van der Waals surface area contributed by atoms with E-state index in [9.17, 15) is 8.42 Å². The first kappa shape index (κ1) is 24.6. The summed E-state index contributed by atoms with van der Waals surface area (Å²) in [6, 6.07) is 16.5. The summed E-state index contributed by atoms with van der Waals surface area (Å²) >= 11 is 0. The first-order chi connectivity index (χ1) is 16.9. The molecule has 9 nitrogen and oxygen atoms in total. The van der Waals surface area contributed by atoms with Crippen molar-refractivity contribution >= 4 is 27.4 Å². The van der Waals surface area contributed by atoms with E-state index in [1.54, 1.807) is 28.6 Å². The molecule has 0 bridgehead atoms. The van der Waals surface area contributed by atoms with Crippen LogP contribution in [0.3, 0.4) is 0 Å². The number of hydrogen-bond donors (Lipinski definition) is 3. The first-order valence-electron chi connectivity index (χ1n) is 11.6. The van der Waals surface area contributed by atoms with Gasteiger partial charge in [0.25, 0.3) is 0 Å². The molecule has 0 amide bonds. The molecule has 4 rings (SSSR count). The number of piperidine rings is 1. The summed E-state index contributed by atoms with van der Waals surface area (Å²) in [6.07, 6.45) is 3.46. The molecule has 35 heavy (non-hydrogen) atoms. The molecular weight excluding hydrogens is 464 g/mol. The lowest BCUT2D eigenvalue weighted by atomic mass is 10.0. The van der Waals surface area contributed by atoms with Crippen molar-refractivity contribution in [3.8, 4) is 11.5 Å². The lowest BCUT2D eigenvalue weighted by molar-refractivity contribution is 0.326. The summed E-state index contributed by atoms with van der Waals surface area (Å²) in [5, 5.41) is 12.1. The molecule has 4 N–H and O–H groups in total. The standard InChI is InChI=1S/C25H30N6O3S/c1-2-15-35(32,33)31-14-6-7-19(16-31)30-25-22(24(27)28-17-29-25)23(26)18-10-12-21(13-11-18)34-20-8-4-3-5-9-20/h3-5,8-13,17,19,26H,2,6-7,14-16H2,1H3,(H3,27,28,29,30). The minimum atomic E-state index is -3.28. The molecule has 3 aromatic rings. The minimum Gasteiger partial charge on any atom is -0.457 e. The van der Waals surface area contributed by atoms with Crippen LogP contribution in [0.4, 0.5) is 11.6 Å². The topological polar surface area (TPSA) is 134 Å². The predicted octanol–water partition coefficient (Wildman–Crippen LogP) is 3.88. The number of hydrogen-bond acceptors (Lipinski definition) is 8. The Labute approximate surface area is 205 Å². The number of rotatable bonds is 9. The second-order valence-corrected chi connectivity index (χ2v) is 10.5. The van der Waals surface area contributed by atoms with Crippen LogP contribution in [0.1, 0.15) is 37.3 Å². The lowest BCUT2D eigenvalue weighted by Crippen LogP contribution is -2.46. The Bertz CT molecular complexity index is 1270. The normalized spacial score (nSPS) is 16.5. The molecule has 1 saturated heterocycles. The maximum Gasteiger partial charge on any atom is 0.214 e. The van der Waals surface area contributed by atoms with Gasteiger partial charge < -0.3 is 15.8 Å². The highest BCUT2D eigenvalue weighted by Gasteiger charge is 2.29. The molecule has 2 heterocycles. The summed E-state index contributed by atoms with van der Waals surface area (Å²) in [4.78, 5) is 8.43. The number of anilines is 2. The number of nitrogens with one attached hydrogen (secondary N) is 2. The summed E-state index contributed by atoms with van der Waals surface area (Å²) in [5.74, 6) is 2.12. The number of aromatic nitrogens is 2. The summed E-state index contributed by atoms with van der Waals surface area (Å²) < 4.78 is 32.5. The zero-order chi connectivity index (χ0) is 24.8. The first-order valence-corrected chi connectivity index (χ1v) is 13.3. The number of nitrogen functional groups attached to an aromatic ring is 1. The number of para-hydroxylation sites is 1. The average molecular weight is 495 g/mol. The van der Waals surface area contributed by atoms with Crippen molar-refractivity contribution in [2.75, 3.05) is 29.9 Å². The van der Waals surface area contributed by atoms with Gasteiger partial charge in [0.1, 0.15) is 29.5 Å². The monoisotopic (exact) mass is 494 g/mol. The Morgan fingerprint density at radius 3 is 2.57 bits per heavy atom. The molecule has 1 aromatic heterocycles. The molecule has 1 atom stereocenters. The van der Waals surface area contributed by atoms with Crippen molar-refractivity contribution in [2.24, 2.45) is 0 Å². The smallest absolute Gasteiger partial charge is 0.214 e. The van der Waals surface area contributed by atoms with Gasteiger partial charge in [-0.1, -0.05) is 25.1 Å². The maximum atomic E-state index is 12.5. The highest BCUT2D eigenvalue weighted by atomic mass is 32.2. The summed E-state index contributed by atoms with van der Waals surface area (Å²) in [5.41, 5.74) is 7.36.